The Kier molecular flexibility index (Phi) is 4.72. The van der Waals surface area contributed by atoms with E-state index in [1.807, 2.05) is 42.5 Å². The van der Waals surface area contributed by atoms with Gasteiger partial charge in [0.2, 0.25) is 0 Å². The number of hydrogen-bond donors (Lipinski definition) is 1. The van der Waals surface area contributed by atoms with Crippen molar-refractivity contribution in [1.82, 2.24) is 0 Å². The molecule has 1 heterocycles. The van der Waals surface area contributed by atoms with Crippen molar-refractivity contribution in [3.63, 3.8) is 0 Å². The number of rotatable bonds is 2. The maximum absolute atomic E-state index is 12.7. The van der Waals surface area contributed by atoms with E-state index in [9.17, 15) is 9.90 Å². The number of para-hydroxylation sites is 1. The molecule has 0 atom stereocenters. The van der Waals surface area contributed by atoms with Gasteiger partial charge in [-0.2, -0.15) is 10.1 Å². The van der Waals surface area contributed by atoms with E-state index in [0.717, 1.165) is 12.8 Å². The number of aromatic hydroxyl groups is 1. The lowest BCUT2D eigenvalue weighted by Crippen LogP contribution is -2.21. The zero-order valence-electron chi connectivity index (χ0n) is 12.1. The number of anilines is 1. The standard InChI is InChI=1S/C17H12I2N2O2/c1-10-14(8-11-7-12(18)9-15(19)16(11)22)17(23)21(20-10)13-5-3-2-4-6-13/h2-9,22H,1H3/b14-8-. The first kappa shape index (κ1) is 16.4. The van der Waals surface area contributed by atoms with Crippen molar-refractivity contribution < 1.29 is 9.90 Å². The highest BCUT2D eigenvalue weighted by molar-refractivity contribution is 14.1. The summed E-state index contributed by atoms with van der Waals surface area (Å²) in [5, 5.41) is 15.9. The maximum Gasteiger partial charge on any atom is 0.280 e. The molecular formula is C17H12I2N2O2. The van der Waals surface area contributed by atoms with Gasteiger partial charge in [-0.3, -0.25) is 4.79 Å². The van der Waals surface area contributed by atoms with Gasteiger partial charge in [-0.25, -0.2) is 0 Å². The smallest absolute Gasteiger partial charge is 0.280 e. The molecule has 0 aliphatic carbocycles. The predicted octanol–water partition coefficient (Wildman–Crippen LogP) is 4.41. The Morgan fingerprint density at radius 2 is 1.87 bits per heavy atom. The van der Waals surface area contributed by atoms with Gasteiger partial charge in [-0.1, -0.05) is 18.2 Å². The molecule has 6 heteroatoms. The molecular weight excluding hydrogens is 518 g/mol. The summed E-state index contributed by atoms with van der Waals surface area (Å²) in [5.41, 5.74) is 2.46. The first-order valence-corrected chi connectivity index (χ1v) is 8.98. The Labute approximate surface area is 161 Å². The highest BCUT2D eigenvalue weighted by atomic mass is 127. The van der Waals surface area contributed by atoms with Gasteiger partial charge >= 0.3 is 0 Å². The van der Waals surface area contributed by atoms with Crippen LogP contribution >= 0.6 is 45.2 Å². The average Bonchev–Trinajstić information content (AvgIpc) is 2.81. The van der Waals surface area contributed by atoms with Crippen LogP contribution in [0.4, 0.5) is 5.69 Å². The summed E-state index contributed by atoms with van der Waals surface area (Å²) in [7, 11) is 0. The third kappa shape index (κ3) is 3.27. The van der Waals surface area contributed by atoms with E-state index in [1.165, 1.54) is 5.01 Å². The van der Waals surface area contributed by atoms with Crippen LogP contribution in [-0.2, 0) is 4.79 Å². The van der Waals surface area contributed by atoms with E-state index in [1.54, 1.807) is 13.0 Å². The second kappa shape index (κ2) is 6.60. The third-order valence-corrected chi connectivity index (χ3v) is 4.87. The minimum Gasteiger partial charge on any atom is -0.506 e. The molecule has 0 aromatic heterocycles. The number of nitrogens with zero attached hydrogens (tertiary/aromatic N) is 2. The number of carbonyl (C=O) groups excluding carboxylic acids is 1. The fourth-order valence-corrected chi connectivity index (χ4v) is 4.17. The third-order valence-electron chi connectivity index (χ3n) is 3.42. The number of hydrogen-bond acceptors (Lipinski definition) is 3. The van der Waals surface area contributed by atoms with Crippen LogP contribution in [-0.4, -0.2) is 16.7 Å². The number of phenols is 1. The molecule has 0 bridgehead atoms. The topological polar surface area (TPSA) is 52.9 Å². The second-order valence-electron chi connectivity index (χ2n) is 5.02. The Balaban J connectivity index is 2.02. The molecule has 0 radical (unpaired) electrons. The summed E-state index contributed by atoms with van der Waals surface area (Å²) in [6, 6.07) is 13.0. The van der Waals surface area contributed by atoms with Gasteiger partial charge in [0, 0.05) is 9.13 Å². The number of amides is 1. The van der Waals surface area contributed by atoms with E-state index in [4.69, 9.17) is 0 Å². The van der Waals surface area contributed by atoms with E-state index in [2.05, 4.69) is 50.3 Å². The lowest BCUT2D eigenvalue weighted by molar-refractivity contribution is -0.114. The number of phenolic OH excluding ortho intramolecular Hbond substituents is 1. The first-order chi connectivity index (χ1) is 11.0. The van der Waals surface area contributed by atoms with Crippen molar-refractivity contribution in [3.05, 3.63) is 60.7 Å². The summed E-state index contributed by atoms with van der Waals surface area (Å²) in [4.78, 5) is 12.7. The predicted molar refractivity (Wildman–Crippen MR) is 109 cm³/mol. The van der Waals surface area contributed by atoms with Crippen molar-refractivity contribution in [3.8, 4) is 5.75 Å². The number of hydrazone groups is 1. The lowest BCUT2D eigenvalue weighted by Gasteiger charge is -2.11. The van der Waals surface area contributed by atoms with Crippen molar-refractivity contribution in [2.75, 3.05) is 5.01 Å². The molecule has 23 heavy (non-hydrogen) atoms. The molecule has 0 unspecified atom stereocenters. The van der Waals surface area contributed by atoms with Crippen LogP contribution in [0.1, 0.15) is 12.5 Å². The van der Waals surface area contributed by atoms with E-state index < -0.39 is 0 Å². The zero-order chi connectivity index (χ0) is 16.6. The lowest BCUT2D eigenvalue weighted by atomic mass is 10.1. The summed E-state index contributed by atoms with van der Waals surface area (Å²) < 4.78 is 1.75. The van der Waals surface area contributed by atoms with E-state index >= 15 is 0 Å². The molecule has 3 rings (SSSR count). The molecule has 1 amide bonds. The molecule has 0 saturated carbocycles. The largest absolute Gasteiger partial charge is 0.506 e. The average molecular weight is 530 g/mol. The molecule has 0 spiro atoms. The molecule has 2 aromatic carbocycles. The second-order valence-corrected chi connectivity index (χ2v) is 7.43. The van der Waals surface area contributed by atoms with Crippen molar-refractivity contribution >= 4 is 68.6 Å². The summed E-state index contributed by atoms with van der Waals surface area (Å²) >= 11 is 4.26. The van der Waals surface area contributed by atoms with Gasteiger partial charge in [-0.05, 0) is 82.4 Å². The van der Waals surface area contributed by atoms with Gasteiger partial charge in [0.1, 0.15) is 5.75 Å². The molecule has 1 N–H and O–H groups in total. The quantitative estimate of drug-likeness (QED) is 0.463. The minimum absolute atomic E-state index is 0.178. The molecule has 2 aromatic rings. The van der Waals surface area contributed by atoms with Crippen LogP contribution in [0.2, 0.25) is 0 Å². The fourth-order valence-electron chi connectivity index (χ4n) is 2.28. The summed E-state index contributed by atoms with van der Waals surface area (Å²) in [5.74, 6) is -0.0146. The van der Waals surface area contributed by atoms with Crippen LogP contribution in [0.5, 0.6) is 5.75 Å². The normalized spacial score (nSPS) is 16.1. The van der Waals surface area contributed by atoms with E-state index in [0.29, 0.717) is 16.8 Å². The number of carbonyl (C=O) groups is 1. The van der Waals surface area contributed by atoms with Gasteiger partial charge in [0.25, 0.3) is 5.91 Å². The monoisotopic (exact) mass is 530 g/mol. The Hall–Kier alpha value is -1.42. The first-order valence-electron chi connectivity index (χ1n) is 6.82. The molecule has 4 nitrogen and oxygen atoms in total. The van der Waals surface area contributed by atoms with Gasteiger partial charge in [0.05, 0.1) is 20.5 Å². The van der Waals surface area contributed by atoms with Crippen molar-refractivity contribution in [2.24, 2.45) is 5.10 Å². The summed E-state index contributed by atoms with van der Waals surface area (Å²) in [6.07, 6.45) is 1.70. The summed E-state index contributed by atoms with van der Waals surface area (Å²) in [6.45, 7) is 1.79. The van der Waals surface area contributed by atoms with Crippen LogP contribution in [0.25, 0.3) is 6.08 Å². The van der Waals surface area contributed by atoms with Crippen LogP contribution < -0.4 is 5.01 Å². The minimum atomic E-state index is -0.193. The Morgan fingerprint density at radius 3 is 2.57 bits per heavy atom. The molecule has 0 saturated heterocycles. The highest BCUT2D eigenvalue weighted by Crippen LogP contribution is 2.31. The van der Waals surface area contributed by atoms with Crippen molar-refractivity contribution in [2.45, 2.75) is 6.92 Å². The Bertz CT molecular complexity index is 845. The fraction of sp³-hybridized carbons (Fsp3) is 0.0588. The number of benzene rings is 2. The molecule has 1 aliphatic heterocycles. The maximum atomic E-state index is 12.7. The SMILES string of the molecule is CC1=NN(c2ccccc2)C(=O)/C1=C\c1cc(I)cc(I)c1O. The van der Waals surface area contributed by atoms with Crippen LogP contribution in [0.15, 0.2) is 53.1 Å². The van der Waals surface area contributed by atoms with E-state index in [-0.39, 0.29) is 11.7 Å². The van der Waals surface area contributed by atoms with Crippen molar-refractivity contribution in [1.29, 1.82) is 0 Å². The highest BCUT2D eigenvalue weighted by Gasteiger charge is 2.28. The van der Waals surface area contributed by atoms with Crippen LogP contribution in [0.3, 0.4) is 0 Å². The molecule has 0 fully saturated rings. The molecule has 1 aliphatic rings. The number of halogens is 2. The van der Waals surface area contributed by atoms with Gasteiger partial charge in [0.15, 0.2) is 0 Å². The Morgan fingerprint density at radius 1 is 1.17 bits per heavy atom. The van der Waals surface area contributed by atoms with Gasteiger partial charge < -0.3 is 5.11 Å². The van der Waals surface area contributed by atoms with Gasteiger partial charge in [-0.15, -0.1) is 0 Å². The zero-order valence-corrected chi connectivity index (χ0v) is 16.4. The van der Waals surface area contributed by atoms with Crippen LogP contribution in [0, 0.1) is 7.14 Å². The molecule has 116 valence electrons.